The molecule has 1 atom stereocenters. The second kappa shape index (κ2) is 8.93. The first-order chi connectivity index (χ1) is 11.5. The summed E-state index contributed by atoms with van der Waals surface area (Å²) in [7, 11) is 0. The Labute approximate surface area is 151 Å². The van der Waals surface area contributed by atoms with E-state index in [0.29, 0.717) is 11.1 Å². The van der Waals surface area contributed by atoms with Crippen molar-refractivity contribution in [2.75, 3.05) is 0 Å². The lowest BCUT2D eigenvalue weighted by Gasteiger charge is -2.30. The Morgan fingerprint density at radius 1 is 0.800 bits per heavy atom. The van der Waals surface area contributed by atoms with E-state index in [-0.39, 0.29) is 17.0 Å². The number of rotatable bonds is 3. The van der Waals surface area contributed by atoms with Crippen molar-refractivity contribution < 1.29 is 14.6 Å². The largest absolute Gasteiger partial charge is 0.380 e. The molecule has 1 unspecified atom stereocenters. The Balaban J connectivity index is 0.000000299. The van der Waals surface area contributed by atoms with E-state index in [2.05, 4.69) is 41.5 Å². The molecule has 2 aromatic rings. The highest BCUT2D eigenvalue weighted by atomic mass is 16.5. The molecule has 0 saturated heterocycles. The predicted octanol–water partition coefficient (Wildman–Crippen LogP) is 5.20. The molecule has 0 aromatic heterocycles. The second-order valence-corrected chi connectivity index (χ2v) is 7.87. The van der Waals surface area contributed by atoms with E-state index in [1.54, 1.807) is 48.5 Å². The van der Waals surface area contributed by atoms with E-state index in [9.17, 15) is 9.90 Å². The lowest BCUT2D eigenvalue weighted by molar-refractivity contribution is -0.102. The molecular weight excluding hydrogens is 312 g/mol. The van der Waals surface area contributed by atoms with Crippen LogP contribution < -0.4 is 0 Å². The third-order valence-electron chi connectivity index (χ3n) is 3.03. The highest BCUT2D eigenvalue weighted by molar-refractivity contribution is 5.99. The van der Waals surface area contributed by atoms with Crippen LogP contribution in [0.3, 0.4) is 0 Å². The van der Waals surface area contributed by atoms with E-state index in [4.69, 9.17) is 4.74 Å². The molecule has 0 aliphatic carbocycles. The number of aliphatic hydroxyl groups is 1. The van der Waals surface area contributed by atoms with Crippen molar-refractivity contribution in [2.24, 2.45) is 0 Å². The Bertz CT molecular complexity index is 622. The van der Waals surface area contributed by atoms with Gasteiger partial charge in [-0.05, 0) is 47.1 Å². The number of ether oxygens (including phenoxy) is 1. The maximum absolute atomic E-state index is 11.9. The maximum atomic E-state index is 11.9. The fourth-order valence-electron chi connectivity index (χ4n) is 2.47. The summed E-state index contributed by atoms with van der Waals surface area (Å²) in [5.41, 5.74) is 1.12. The zero-order valence-corrected chi connectivity index (χ0v) is 16.1. The maximum Gasteiger partial charge on any atom is 0.195 e. The third-order valence-corrected chi connectivity index (χ3v) is 3.03. The van der Waals surface area contributed by atoms with Gasteiger partial charge in [0.2, 0.25) is 0 Å². The van der Waals surface area contributed by atoms with Gasteiger partial charge < -0.3 is 9.84 Å². The molecule has 2 aromatic carbocycles. The first kappa shape index (κ1) is 21.1. The second-order valence-electron chi connectivity index (χ2n) is 7.87. The molecule has 3 heteroatoms. The smallest absolute Gasteiger partial charge is 0.195 e. The summed E-state index contributed by atoms with van der Waals surface area (Å²) in [5, 5.41) is 9.89. The summed E-state index contributed by atoms with van der Waals surface area (Å²) < 4.78 is 5.62. The van der Waals surface area contributed by atoms with Gasteiger partial charge in [-0.15, -0.1) is 0 Å². The van der Waals surface area contributed by atoms with Crippen molar-refractivity contribution in [3.05, 3.63) is 71.8 Å². The van der Waals surface area contributed by atoms with Gasteiger partial charge in [0.1, 0.15) is 6.10 Å². The molecular formula is C22H30O3. The minimum atomic E-state index is -1.08. The highest BCUT2D eigenvalue weighted by Crippen LogP contribution is 2.18. The molecule has 0 radical (unpaired) electrons. The fraction of sp³-hybridized carbons (Fsp3) is 0.409. The van der Waals surface area contributed by atoms with Gasteiger partial charge in [-0.3, -0.25) is 4.79 Å². The number of benzene rings is 2. The van der Waals surface area contributed by atoms with Crippen LogP contribution >= 0.6 is 0 Å². The molecule has 25 heavy (non-hydrogen) atoms. The van der Waals surface area contributed by atoms with E-state index in [1.807, 2.05) is 12.1 Å². The summed E-state index contributed by atoms with van der Waals surface area (Å²) in [6, 6.07) is 17.7. The zero-order chi connectivity index (χ0) is 19.1. The van der Waals surface area contributed by atoms with Gasteiger partial charge in [0.15, 0.2) is 5.78 Å². The average molecular weight is 342 g/mol. The number of aliphatic hydroxyl groups excluding tert-OH is 1. The van der Waals surface area contributed by atoms with E-state index < -0.39 is 6.10 Å². The minimum absolute atomic E-state index is 0.0156. The number of hydrogen-bond acceptors (Lipinski definition) is 3. The number of carbonyl (C=O) groups excluding carboxylic acids is 1. The molecule has 0 amide bonds. The monoisotopic (exact) mass is 342 g/mol. The summed E-state index contributed by atoms with van der Waals surface area (Å²) in [4.78, 5) is 11.9. The summed E-state index contributed by atoms with van der Waals surface area (Å²) >= 11 is 0. The van der Waals surface area contributed by atoms with Crippen molar-refractivity contribution in [2.45, 2.75) is 58.8 Å². The third kappa shape index (κ3) is 8.62. The van der Waals surface area contributed by atoms with Crippen LogP contribution in [-0.4, -0.2) is 22.1 Å². The summed E-state index contributed by atoms with van der Waals surface area (Å²) in [6.07, 6.45) is -1.08. The van der Waals surface area contributed by atoms with Crippen molar-refractivity contribution in [1.29, 1.82) is 0 Å². The SMILES string of the molecule is CC(C)(C)OC(C)(C)C.O=C(c1ccccc1)C(O)c1ccccc1. The highest BCUT2D eigenvalue weighted by Gasteiger charge is 2.20. The van der Waals surface area contributed by atoms with Crippen molar-refractivity contribution >= 4 is 5.78 Å². The average Bonchev–Trinajstić information content (AvgIpc) is 2.52. The predicted molar refractivity (Wildman–Crippen MR) is 103 cm³/mol. The number of Topliss-reactive ketones (excluding diaryl/α,β-unsaturated/α-hetero) is 1. The van der Waals surface area contributed by atoms with Gasteiger partial charge in [-0.2, -0.15) is 0 Å². The van der Waals surface area contributed by atoms with Gasteiger partial charge in [-0.1, -0.05) is 60.7 Å². The van der Waals surface area contributed by atoms with E-state index in [1.165, 1.54) is 0 Å². The van der Waals surface area contributed by atoms with Gasteiger partial charge >= 0.3 is 0 Å². The molecule has 0 bridgehead atoms. The molecule has 0 fully saturated rings. The van der Waals surface area contributed by atoms with Crippen molar-refractivity contribution in [3.8, 4) is 0 Å². The van der Waals surface area contributed by atoms with Crippen molar-refractivity contribution in [1.82, 2.24) is 0 Å². The van der Waals surface area contributed by atoms with E-state index in [0.717, 1.165) is 0 Å². The first-order valence-corrected chi connectivity index (χ1v) is 8.52. The van der Waals surface area contributed by atoms with Crippen LogP contribution in [0.25, 0.3) is 0 Å². The number of ketones is 1. The van der Waals surface area contributed by atoms with Crippen LogP contribution in [0, 0.1) is 0 Å². The van der Waals surface area contributed by atoms with Gasteiger partial charge in [0, 0.05) is 5.56 Å². The first-order valence-electron chi connectivity index (χ1n) is 8.52. The van der Waals surface area contributed by atoms with Gasteiger partial charge in [0.05, 0.1) is 11.2 Å². The lowest BCUT2D eigenvalue weighted by atomic mass is 10.0. The van der Waals surface area contributed by atoms with Crippen LogP contribution in [0.15, 0.2) is 60.7 Å². The summed E-state index contributed by atoms with van der Waals surface area (Å²) in [5.74, 6) is -0.271. The molecule has 0 aliphatic heterocycles. The number of hydrogen-bond donors (Lipinski definition) is 1. The lowest BCUT2D eigenvalue weighted by Crippen LogP contribution is -2.31. The van der Waals surface area contributed by atoms with Crippen LogP contribution in [0.4, 0.5) is 0 Å². The zero-order valence-electron chi connectivity index (χ0n) is 16.1. The molecule has 0 aliphatic rings. The molecule has 136 valence electrons. The van der Waals surface area contributed by atoms with Crippen LogP contribution in [-0.2, 0) is 4.74 Å². The van der Waals surface area contributed by atoms with Crippen LogP contribution in [0.5, 0.6) is 0 Å². The van der Waals surface area contributed by atoms with Crippen LogP contribution in [0.2, 0.25) is 0 Å². The molecule has 0 saturated carbocycles. The molecule has 1 N–H and O–H groups in total. The normalized spacial score (nSPS) is 12.8. The quantitative estimate of drug-likeness (QED) is 0.780. The van der Waals surface area contributed by atoms with E-state index >= 15 is 0 Å². The van der Waals surface area contributed by atoms with Crippen molar-refractivity contribution in [3.63, 3.8) is 0 Å². The molecule has 3 nitrogen and oxygen atoms in total. The van der Waals surface area contributed by atoms with Crippen LogP contribution in [0.1, 0.15) is 63.6 Å². The van der Waals surface area contributed by atoms with Gasteiger partial charge in [0.25, 0.3) is 0 Å². The Kier molecular flexibility index (Phi) is 7.53. The number of carbonyl (C=O) groups is 1. The Hall–Kier alpha value is -1.97. The molecule has 2 rings (SSSR count). The molecule has 0 heterocycles. The van der Waals surface area contributed by atoms with Gasteiger partial charge in [-0.25, -0.2) is 0 Å². The summed E-state index contributed by atoms with van der Waals surface area (Å²) in [6.45, 7) is 12.4. The topological polar surface area (TPSA) is 46.5 Å². The standard InChI is InChI=1S/C14H12O2.C8H18O/c15-13(11-7-3-1-4-8-11)14(16)12-9-5-2-6-10-12;1-7(2,3)9-8(4,5)6/h1-10,13,15H;1-6H3. The molecule has 0 spiro atoms. The fourth-order valence-corrected chi connectivity index (χ4v) is 2.47. The Morgan fingerprint density at radius 3 is 1.56 bits per heavy atom. The Morgan fingerprint density at radius 2 is 1.20 bits per heavy atom. The minimum Gasteiger partial charge on any atom is -0.380 e.